The first-order chi connectivity index (χ1) is 14.4. The maximum absolute atomic E-state index is 13.4. The van der Waals surface area contributed by atoms with Gasteiger partial charge in [-0.15, -0.1) is 0 Å². The number of methoxy groups -OCH3 is 2. The lowest BCUT2D eigenvalue weighted by Crippen LogP contribution is -2.50. The van der Waals surface area contributed by atoms with E-state index in [1.807, 2.05) is 50.2 Å². The van der Waals surface area contributed by atoms with E-state index in [-0.39, 0.29) is 23.8 Å². The van der Waals surface area contributed by atoms with Gasteiger partial charge in [0.25, 0.3) is 5.91 Å². The molecular formula is C24H28N2O4. The van der Waals surface area contributed by atoms with Crippen molar-refractivity contribution in [1.29, 1.82) is 0 Å². The maximum Gasteiger partial charge on any atom is 0.255 e. The number of ether oxygens (including phenoxy) is 2. The average molecular weight is 408 g/mol. The highest BCUT2D eigenvalue weighted by Crippen LogP contribution is 2.39. The molecule has 2 aromatic carbocycles. The van der Waals surface area contributed by atoms with Crippen molar-refractivity contribution in [2.24, 2.45) is 5.92 Å². The number of carbonyl (C=O) groups excluding carboxylic acids is 2. The third-order valence-electron chi connectivity index (χ3n) is 6.12. The molecule has 0 aromatic heterocycles. The second kappa shape index (κ2) is 8.01. The van der Waals surface area contributed by atoms with Crippen LogP contribution in [0.5, 0.6) is 11.5 Å². The van der Waals surface area contributed by atoms with Gasteiger partial charge in [-0.2, -0.15) is 0 Å². The summed E-state index contributed by atoms with van der Waals surface area (Å²) in [6, 6.07) is 10.9. The number of benzene rings is 2. The van der Waals surface area contributed by atoms with Crippen molar-refractivity contribution in [2.75, 3.05) is 14.2 Å². The third-order valence-corrected chi connectivity index (χ3v) is 6.12. The van der Waals surface area contributed by atoms with E-state index in [0.29, 0.717) is 23.6 Å². The van der Waals surface area contributed by atoms with Gasteiger partial charge in [0.1, 0.15) is 6.04 Å². The molecule has 0 fully saturated rings. The summed E-state index contributed by atoms with van der Waals surface area (Å²) in [6.07, 6.45) is 1.68. The molecule has 2 aromatic rings. The summed E-state index contributed by atoms with van der Waals surface area (Å²) in [4.78, 5) is 28.0. The molecule has 0 spiro atoms. The maximum atomic E-state index is 13.4. The summed E-state index contributed by atoms with van der Waals surface area (Å²) in [5, 5.41) is 3.20. The van der Waals surface area contributed by atoms with Gasteiger partial charge in [-0.3, -0.25) is 9.59 Å². The number of aryl methyl sites for hydroxylation is 1. The second-order valence-corrected chi connectivity index (χ2v) is 8.28. The predicted octanol–water partition coefficient (Wildman–Crippen LogP) is 3.49. The minimum absolute atomic E-state index is 0.00506. The normalized spacial score (nSPS) is 18.2. The molecular weight excluding hydrogens is 380 g/mol. The number of nitrogens with zero attached hydrogens (tertiary/aromatic N) is 1. The van der Waals surface area contributed by atoms with Crippen LogP contribution in [0.3, 0.4) is 0 Å². The quantitative estimate of drug-likeness (QED) is 0.795. The Kier molecular flexibility index (Phi) is 5.41. The van der Waals surface area contributed by atoms with E-state index in [9.17, 15) is 9.59 Å². The molecule has 1 aliphatic heterocycles. The van der Waals surface area contributed by atoms with Crippen LogP contribution in [-0.4, -0.2) is 37.0 Å². The third kappa shape index (κ3) is 3.40. The molecule has 4 rings (SSSR count). The molecule has 0 saturated heterocycles. The lowest BCUT2D eigenvalue weighted by atomic mass is 10.00. The van der Waals surface area contributed by atoms with Crippen LogP contribution < -0.4 is 14.8 Å². The summed E-state index contributed by atoms with van der Waals surface area (Å²) < 4.78 is 10.8. The van der Waals surface area contributed by atoms with Crippen molar-refractivity contribution >= 4 is 11.8 Å². The van der Waals surface area contributed by atoms with Crippen molar-refractivity contribution in [1.82, 2.24) is 10.2 Å². The predicted molar refractivity (Wildman–Crippen MR) is 114 cm³/mol. The van der Waals surface area contributed by atoms with Gasteiger partial charge >= 0.3 is 0 Å². The lowest BCUT2D eigenvalue weighted by molar-refractivity contribution is -0.128. The lowest BCUT2D eigenvalue weighted by Gasteiger charge is -2.31. The first-order valence-electron chi connectivity index (χ1n) is 10.4. The number of fused-ring (bicyclic) bond motifs is 2. The monoisotopic (exact) mass is 408 g/mol. The Morgan fingerprint density at radius 1 is 1.10 bits per heavy atom. The van der Waals surface area contributed by atoms with Crippen LogP contribution in [0.1, 0.15) is 53.4 Å². The molecule has 30 heavy (non-hydrogen) atoms. The highest BCUT2D eigenvalue weighted by Gasteiger charge is 2.39. The van der Waals surface area contributed by atoms with E-state index in [1.54, 1.807) is 19.1 Å². The van der Waals surface area contributed by atoms with Crippen LogP contribution in [0.25, 0.3) is 0 Å². The summed E-state index contributed by atoms with van der Waals surface area (Å²) >= 11 is 0. The summed E-state index contributed by atoms with van der Waals surface area (Å²) in [5.74, 6) is 1.16. The van der Waals surface area contributed by atoms with Crippen LogP contribution in [0, 0.1) is 5.92 Å². The summed E-state index contributed by atoms with van der Waals surface area (Å²) in [6.45, 7) is 4.44. The molecule has 0 bridgehead atoms. The molecule has 1 N–H and O–H groups in total. The number of carbonyl (C=O) groups is 2. The van der Waals surface area contributed by atoms with Crippen LogP contribution >= 0.6 is 0 Å². The minimum Gasteiger partial charge on any atom is -0.493 e. The van der Waals surface area contributed by atoms with E-state index in [2.05, 4.69) is 5.32 Å². The van der Waals surface area contributed by atoms with Crippen molar-refractivity contribution < 1.29 is 19.1 Å². The first-order valence-corrected chi connectivity index (χ1v) is 10.4. The van der Waals surface area contributed by atoms with E-state index in [1.165, 1.54) is 0 Å². The molecule has 6 nitrogen and oxygen atoms in total. The Hall–Kier alpha value is -3.02. The number of amides is 2. The van der Waals surface area contributed by atoms with Crippen LogP contribution in [0.15, 0.2) is 36.4 Å². The first kappa shape index (κ1) is 20.3. The minimum atomic E-state index is -0.519. The van der Waals surface area contributed by atoms with Gasteiger partial charge < -0.3 is 19.7 Å². The Bertz CT molecular complexity index is 985. The molecule has 0 radical (unpaired) electrons. The fourth-order valence-electron chi connectivity index (χ4n) is 4.65. The highest BCUT2D eigenvalue weighted by atomic mass is 16.5. The van der Waals surface area contributed by atoms with Gasteiger partial charge in [0.2, 0.25) is 5.91 Å². The SMILES string of the molecule is COc1cc2c(cc1OC)[C@H](NC(=O)[C@H](C(C)C)N1Cc3ccccc3C1=O)CC2. The van der Waals surface area contributed by atoms with Crippen LogP contribution in [-0.2, 0) is 17.8 Å². The van der Waals surface area contributed by atoms with Crippen LogP contribution in [0.2, 0.25) is 0 Å². The molecule has 2 amide bonds. The molecule has 2 aliphatic rings. The number of hydrogen-bond donors (Lipinski definition) is 1. The van der Waals surface area contributed by atoms with Gasteiger partial charge in [-0.05, 0) is 53.6 Å². The Morgan fingerprint density at radius 3 is 2.47 bits per heavy atom. The van der Waals surface area contributed by atoms with Gasteiger partial charge in [0, 0.05) is 12.1 Å². The summed E-state index contributed by atoms with van der Waals surface area (Å²) in [5.41, 5.74) is 3.88. The van der Waals surface area contributed by atoms with Crippen molar-refractivity contribution in [3.63, 3.8) is 0 Å². The Balaban J connectivity index is 1.56. The largest absolute Gasteiger partial charge is 0.493 e. The van der Waals surface area contributed by atoms with Crippen molar-refractivity contribution in [2.45, 2.75) is 45.3 Å². The summed E-state index contributed by atoms with van der Waals surface area (Å²) in [7, 11) is 3.23. The molecule has 1 heterocycles. The Morgan fingerprint density at radius 2 is 1.80 bits per heavy atom. The van der Waals surface area contributed by atoms with Crippen LogP contribution in [0.4, 0.5) is 0 Å². The van der Waals surface area contributed by atoms with Gasteiger partial charge in [-0.25, -0.2) is 0 Å². The zero-order chi connectivity index (χ0) is 21.4. The fraction of sp³-hybridized carbons (Fsp3) is 0.417. The molecule has 6 heteroatoms. The molecule has 2 atom stereocenters. The van der Waals surface area contributed by atoms with E-state index >= 15 is 0 Å². The van der Waals surface area contributed by atoms with E-state index in [4.69, 9.17) is 9.47 Å². The molecule has 1 aliphatic carbocycles. The van der Waals surface area contributed by atoms with Crippen molar-refractivity contribution in [3.8, 4) is 11.5 Å². The van der Waals surface area contributed by atoms with Gasteiger partial charge in [0.05, 0.1) is 20.3 Å². The molecule has 0 unspecified atom stereocenters. The number of nitrogens with one attached hydrogen (secondary N) is 1. The molecule has 0 saturated carbocycles. The zero-order valence-electron chi connectivity index (χ0n) is 17.9. The molecule has 158 valence electrons. The van der Waals surface area contributed by atoms with Crippen molar-refractivity contribution in [3.05, 3.63) is 58.7 Å². The standard InChI is InChI=1S/C24H28N2O4/c1-14(2)22(26-13-16-7-5-6-8-17(16)24(26)28)23(27)25-19-10-9-15-11-20(29-3)21(30-4)12-18(15)19/h5-8,11-12,14,19,22H,9-10,13H2,1-4H3,(H,25,27)/t19-,22+/m1/s1. The topological polar surface area (TPSA) is 67.9 Å². The van der Waals surface area contributed by atoms with E-state index < -0.39 is 6.04 Å². The average Bonchev–Trinajstić information content (AvgIpc) is 3.27. The van der Waals surface area contributed by atoms with E-state index in [0.717, 1.165) is 29.5 Å². The van der Waals surface area contributed by atoms with Gasteiger partial charge in [-0.1, -0.05) is 32.0 Å². The second-order valence-electron chi connectivity index (χ2n) is 8.28. The highest BCUT2D eigenvalue weighted by molar-refractivity contribution is 6.01. The Labute approximate surface area is 177 Å². The van der Waals surface area contributed by atoms with Gasteiger partial charge in [0.15, 0.2) is 11.5 Å². The smallest absolute Gasteiger partial charge is 0.255 e. The number of hydrogen-bond acceptors (Lipinski definition) is 4. The zero-order valence-corrected chi connectivity index (χ0v) is 17.9. The fourth-order valence-corrected chi connectivity index (χ4v) is 4.65. The number of rotatable bonds is 6.